The van der Waals surface area contributed by atoms with Crippen molar-refractivity contribution in [3.05, 3.63) is 47.7 Å². The van der Waals surface area contributed by atoms with Crippen LogP contribution in [0.15, 0.2) is 30.7 Å². The molecule has 4 saturated carbocycles. The Morgan fingerprint density at radius 1 is 1.31 bits per heavy atom. The van der Waals surface area contributed by atoms with E-state index in [1.54, 1.807) is 40.2 Å². The average Bonchev–Trinajstić information content (AvgIpc) is 3.43. The number of hydrogen-bond acceptors (Lipinski definition) is 5. The molecule has 4 aliphatic rings. The van der Waals surface area contributed by atoms with Crippen molar-refractivity contribution < 1.29 is 14.3 Å². The lowest BCUT2D eigenvalue weighted by molar-refractivity contribution is -0.137. The van der Waals surface area contributed by atoms with Gasteiger partial charge >= 0.3 is 6.09 Å². The van der Waals surface area contributed by atoms with Crippen LogP contribution < -0.4 is 11.1 Å². The van der Waals surface area contributed by atoms with Gasteiger partial charge in [-0.05, 0) is 69.8 Å². The molecule has 10 heteroatoms. The van der Waals surface area contributed by atoms with Crippen LogP contribution in [0.4, 0.5) is 4.79 Å². The van der Waals surface area contributed by atoms with Gasteiger partial charge in [-0.3, -0.25) is 4.79 Å². The average molecular weight is 478 g/mol. The summed E-state index contributed by atoms with van der Waals surface area (Å²) in [6.45, 7) is 11.5. The van der Waals surface area contributed by atoms with Crippen LogP contribution in [0.1, 0.15) is 56.3 Å². The van der Waals surface area contributed by atoms with Crippen molar-refractivity contribution >= 4 is 18.2 Å². The minimum Gasteiger partial charge on any atom is -0.443 e. The molecule has 0 saturated heterocycles. The van der Waals surface area contributed by atoms with Crippen molar-refractivity contribution in [1.29, 1.82) is 0 Å². The zero-order valence-corrected chi connectivity index (χ0v) is 20.1. The van der Waals surface area contributed by atoms with Gasteiger partial charge in [0.05, 0.1) is 11.6 Å². The van der Waals surface area contributed by atoms with E-state index in [0.29, 0.717) is 23.8 Å². The summed E-state index contributed by atoms with van der Waals surface area (Å²) in [4.78, 5) is 28.6. The first-order valence-electron chi connectivity index (χ1n) is 12.1. The number of hydrogen-bond donors (Lipinski definition) is 2. The van der Waals surface area contributed by atoms with Gasteiger partial charge in [-0.25, -0.2) is 20.7 Å². The maximum absolute atomic E-state index is 13.6. The van der Waals surface area contributed by atoms with Crippen LogP contribution in [-0.4, -0.2) is 49.7 Å². The molecule has 6 rings (SSSR count). The summed E-state index contributed by atoms with van der Waals surface area (Å²) in [5.41, 5.74) is 4.99. The Balaban J connectivity index is 1.39. The number of ether oxygens (including phenoxy) is 1. The summed E-state index contributed by atoms with van der Waals surface area (Å²) < 4.78 is 8.86. The van der Waals surface area contributed by atoms with Crippen LogP contribution in [0, 0.1) is 29.7 Å². The van der Waals surface area contributed by atoms with Crippen LogP contribution in [-0.2, 0) is 4.74 Å². The predicted molar refractivity (Wildman–Crippen MR) is 128 cm³/mol. The minimum absolute atomic E-state index is 0.0191. The summed E-state index contributed by atoms with van der Waals surface area (Å²) >= 11 is 0. The molecule has 4 aliphatic carbocycles. The van der Waals surface area contributed by atoms with Gasteiger partial charge in [-0.15, -0.1) is 0 Å². The molecule has 2 atom stereocenters. The van der Waals surface area contributed by atoms with E-state index in [4.69, 9.17) is 17.0 Å². The largest absolute Gasteiger partial charge is 0.443 e. The molecule has 10 nitrogen and oxygen atoms in total. The monoisotopic (exact) mass is 477 g/mol. The Morgan fingerprint density at radius 3 is 2.69 bits per heavy atom. The summed E-state index contributed by atoms with van der Waals surface area (Å²) in [5, 5.41) is 12.1. The number of amides is 2. The number of carbonyl (C=O) groups is 2. The van der Waals surface area contributed by atoms with E-state index >= 15 is 0 Å². The molecule has 2 unspecified atom stereocenters. The van der Waals surface area contributed by atoms with Gasteiger partial charge in [0.1, 0.15) is 11.2 Å². The van der Waals surface area contributed by atoms with Gasteiger partial charge in [0.2, 0.25) is 6.54 Å². The van der Waals surface area contributed by atoms with Crippen molar-refractivity contribution in [3.8, 4) is 5.82 Å². The van der Waals surface area contributed by atoms with E-state index < -0.39 is 11.7 Å². The maximum atomic E-state index is 13.6. The quantitative estimate of drug-likeness (QED) is 0.593. The highest BCUT2D eigenvalue weighted by atomic mass is 16.6. The normalized spacial score (nSPS) is 29.3. The van der Waals surface area contributed by atoms with Gasteiger partial charge in [0.25, 0.3) is 5.91 Å². The van der Waals surface area contributed by atoms with Gasteiger partial charge in [0, 0.05) is 24.6 Å². The highest BCUT2D eigenvalue weighted by Crippen LogP contribution is 2.57. The van der Waals surface area contributed by atoms with Gasteiger partial charge in [-0.2, -0.15) is 10.2 Å². The third kappa shape index (κ3) is 4.43. The standard InChI is InChI=1S/C25H31N7O3/c1-24(2,15-27-3)5-8-32-22(31-7-4-6-28-31)19(14-29-32)21(33)30-20-17-9-16-10-18(20)13-25(11-16,12-17)35-23(26)34/h4-8,14,16-18,20H,9-13,15H2,1-2H3,(H2,26,34)(H,30,33)/b8-5+/t16?,17?,18?,20-,25-. The van der Waals surface area contributed by atoms with E-state index in [-0.39, 0.29) is 29.2 Å². The number of nitrogens with two attached hydrogens (primary N) is 1. The Hall–Kier alpha value is -3.61. The third-order valence-corrected chi connectivity index (χ3v) is 7.72. The first kappa shape index (κ1) is 23.1. The first-order chi connectivity index (χ1) is 16.7. The highest BCUT2D eigenvalue weighted by molar-refractivity contribution is 5.97. The van der Waals surface area contributed by atoms with E-state index in [2.05, 4.69) is 20.4 Å². The molecule has 2 aromatic rings. The number of nitrogens with zero attached hydrogens (tertiary/aromatic N) is 5. The minimum atomic E-state index is -0.712. The topological polar surface area (TPSA) is 121 Å². The number of carbonyl (C=O) groups excluding carboxylic acids is 2. The molecule has 2 heterocycles. The van der Waals surface area contributed by atoms with E-state index in [1.165, 1.54) is 0 Å². The molecule has 0 aromatic carbocycles. The van der Waals surface area contributed by atoms with Crippen LogP contribution in [0.5, 0.6) is 0 Å². The summed E-state index contributed by atoms with van der Waals surface area (Å²) in [7, 11) is 0. The molecule has 4 bridgehead atoms. The lowest BCUT2D eigenvalue weighted by Crippen LogP contribution is -2.63. The number of primary amides is 1. The molecule has 4 fully saturated rings. The van der Waals surface area contributed by atoms with Crippen molar-refractivity contribution in [2.24, 2.45) is 28.9 Å². The van der Waals surface area contributed by atoms with Crippen LogP contribution in [0.3, 0.4) is 0 Å². The fraction of sp³-hybridized carbons (Fsp3) is 0.560. The SMILES string of the molecule is [C-]#[N+]CC(C)(C)/C=C/n1ncc(C(=O)N[C@H]2C3CC4CC2C[C@](OC(N)=O)(C4)C3)c1-n1cccn1. The lowest BCUT2D eigenvalue weighted by atomic mass is 9.52. The molecular weight excluding hydrogens is 446 g/mol. The van der Waals surface area contributed by atoms with Crippen molar-refractivity contribution in [2.45, 2.75) is 57.6 Å². The Kier molecular flexibility index (Phi) is 5.66. The van der Waals surface area contributed by atoms with Crippen LogP contribution in [0.2, 0.25) is 0 Å². The molecular formula is C25H31N7O3. The summed E-state index contributed by atoms with van der Waals surface area (Å²) in [5.74, 6) is 1.35. The van der Waals surface area contributed by atoms with Gasteiger partial charge in [-0.1, -0.05) is 6.08 Å². The lowest BCUT2D eigenvalue weighted by Gasteiger charge is -2.58. The molecule has 184 valence electrons. The van der Waals surface area contributed by atoms with Crippen LogP contribution in [0.25, 0.3) is 16.9 Å². The van der Waals surface area contributed by atoms with Crippen molar-refractivity contribution in [1.82, 2.24) is 24.9 Å². The predicted octanol–water partition coefficient (Wildman–Crippen LogP) is 3.26. The first-order valence-corrected chi connectivity index (χ1v) is 12.1. The fourth-order valence-electron chi connectivity index (χ4n) is 6.53. The third-order valence-electron chi connectivity index (χ3n) is 7.72. The van der Waals surface area contributed by atoms with Crippen molar-refractivity contribution in [2.75, 3.05) is 6.54 Å². The van der Waals surface area contributed by atoms with Crippen molar-refractivity contribution in [3.63, 3.8) is 0 Å². The second-order valence-corrected chi connectivity index (χ2v) is 11.0. The molecule has 0 spiro atoms. The molecule has 0 radical (unpaired) electrons. The van der Waals surface area contributed by atoms with E-state index in [9.17, 15) is 9.59 Å². The molecule has 35 heavy (non-hydrogen) atoms. The molecule has 3 N–H and O–H groups in total. The van der Waals surface area contributed by atoms with Gasteiger partial charge in [0.15, 0.2) is 5.82 Å². The van der Waals surface area contributed by atoms with E-state index in [1.807, 2.05) is 19.9 Å². The Labute approximate surface area is 204 Å². The van der Waals surface area contributed by atoms with Gasteiger partial charge < -0.3 is 20.6 Å². The number of rotatable bonds is 7. The van der Waals surface area contributed by atoms with Crippen LogP contribution >= 0.6 is 0 Å². The number of aromatic nitrogens is 4. The van der Waals surface area contributed by atoms with E-state index in [0.717, 1.165) is 32.1 Å². The molecule has 2 amide bonds. The summed E-state index contributed by atoms with van der Waals surface area (Å²) in [6.07, 6.45) is 12.4. The number of nitrogens with one attached hydrogen (secondary N) is 1. The second kappa shape index (κ2) is 8.56. The zero-order chi connectivity index (χ0) is 24.8. The Morgan fingerprint density at radius 2 is 2.06 bits per heavy atom. The molecule has 0 aliphatic heterocycles. The fourth-order valence-corrected chi connectivity index (χ4v) is 6.53. The maximum Gasteiger partial charge on any atom is 0.405 e. The highest BCUT2D eigenvalue weighted by Gasteiger charge is 2.57. The summed E-state index contributed by atoms with van der Waals surface area (Å²) in [6, 6.07) is 1.81. The smallest absolute Gasteiger partial charge is 0.405 e. The Bertz CT molecular complexity index is 1170. The zero-order valence-electron chi connectivity index (χ0n) is 20.1. The second-order valence-electron chi connectivity index (χ2n) is 11.0. The molecule has 2 aromatic heterocycles.